The number of ketones is 1. The number of hydrogen-bond donors (Lipinski definition) is 0. The van der Waals surface area contributed by atoms with Gasteiger partial charge in [0, 0.05) is 12.3 Å². The Hall–Kier alpha value is -1.12. The fourth-order valence-electron chi connectivity index (χ4n) is 2.73. The Balaban J connectivity index is 2.19. The van der Waals surface area contributed by atoms with Crippen LogP contribution in [-0.2, 0) is 14.3 Å². The van der Waals surface area contributed by atoms with E-state index >= 15 is 0 Å². The standard InChI is InChI=1S/C11H14O3/c1-3-11(10(13)14-4-2)7-5-6-8(12)9(7)11/h3,7,9H,1,4-6H2,2H3. The lowest BCUT2D eigenvalue weighted by atomic mass is 9.95. The molecule has 2 saturated carbocycles. The van der Waals surface area contributed by atoms with Crippen molar-refractivity contribution in [1.29, 1.82) is 0 Å². The summed E-state index contributed by atoms with van der Waals surface area (Å²) in [5, 5.41) is 0. The summed E-state index contributed by atoms with van der Waals surface area (Å²) in [6.45, 7) is 5.80. The van der Waals surface area contributed by atoms with Crippen LogP contribution in [-0.4, -0.2) is 18.4 Å². The molecule has 0 amide bonds. The Kier molecular flexibility index (Phi) is 1.98. The molecule has 76 valence electrons. The summed E-state index contributed by atoms with van der Waals surface area (Å²) in [5.74, 6) is -0.0217. The fourth-order valence-corrected chi connectivity index (χ4v) is 2.73. The van der Waals surface area contributed by atoms with E-state index in [2.05, 4.69) is 6.58 Å². The van der Waals surface area contributed by atoms with Gasteiger partial charge in [0.05, 0.1) is 12.0 Å². The molecule has 2 aliphatic rings. The molecule has 3 unspecified atom stereocenters. The lowest BCUT2D eigenvalue weighted by molar-refractivity contribution is -0.150. The topological polar surface area (TPSA) is 43.4 Å². The van der Waals surface area contributed by atoms with Crippen LogP contribution in [0, 0.1) is 17.3 Å². The van der Waals surface area contributed by atoms with Gasteiger partial charge in [0.2, 0.25) is 0 Å². The van der Waals surface area contributed by atoms with Gasteiger partial charge in [0.25, 0.3) is 0 Å². The molecular formula is C11H14O3. The lowest BCUT2D eigenvalue weighted by Gasteiger charge is -2.13. The quantitative estimate of drug-likeness (QED) is 0.503. The highest BCUT2D eigenvalue weighted by molar-refractivity contribution is 5.99. The maximum atomic E-state index is 11.7. The summed E-state index contributed by atoms with van der Waals surface area (Å²) in [5.41, 5.74) is -0.661. The first-order chi connectivity index (χ1) is 6.68. The van der Waals surface area contributed by atoms with Crippen LogP contribution in [0.3, 0.4) is 0 Å². The summed E-state index contributed by atoms with van der Waals surface area (Å²) in [7, 11) is 0. The molecule has 0 aliphatic heterocycles. The summed E-state index contributed by atoms with van der Waals surface area (Å²) in [6, 6.07) is 0. The number of hydrogen-bond acceptors (Lipinski definition) is 3. The van der Waals surface area contributed by atoms with Crippen LogP contribution in [0.1, 0.15) is 19.8 Å². The Morgan fingerprint density at radius 3 is 2.93 bits per heavy atom. The molecular weight excluding hydrogens is 180 g/mol. The molecule has 2 rings (SSSR count). The second kappa shape index (κ2) is 2.94. The van der Waals surface area contributed by atoms with E-state index in [4.69, 9.17) is 4.74 Å². The second-order valence-electron chi connectivity index (χ2n) is 3.95. The zero-order valence-corrected chi connectivity index (χ0v) is 8.29. The molecule has 3 atom stereocenters. The largest absolute Gasteiger partial charge is 0.465 e. The van der Waals surface area contributed by atoms with Crippen molar-refractivity contribution in [3.63, 3.8) is 0 Å². The summed E-state index contributed by atoms with van der Waals surface area (Å²) in [6.07, 6.45) is 3.04. The normalized spacial score (nSPS) is 39.1. The lowest BCUT2D eigenvalue weighted by Crippen LogP contribution is -2.24. The first-order valence-electron chi connectivity index (χ1n) is 5.02. The van der Waals surface area contributed by atoms with Crippen molar-refractivity contribution in [3.05, 3.63) is 12.7 Å². The molecule has 2 aliphatic carbocycles. The fraction of sp³-hybridized carbons (Fsp3) is 0.636. The molecule has 0 saturated heterocycles. The minimum absolute atomic E-state index is 0.126. The summed E-state index contributed by atoms with van der Waals surface area (Å²) >= 11 is 0. The summed E-state index contributed by atoms with van der Waals surface area (Å²) in [4.78, 5) is 23.1. The first kappa shape index (κ1) is 9.44. The second-order valence-corrected chi connectivity index (χ2v) is 3.95. The van der Waals surface area contributed by atoms with E-state index in [0.717, 1.165) is 6.42 Å². The SMILES string of the molecule is C=CC1(C(=O)OCC)C2CCC(=O)C21. The number of esters is 1. The van der Waals surface area contributed by atoms with Crippen molar-refractivity contribution in [1.82, 2.24) is 0 Å². The zero-order valence-electron chi connectivity index (χ0n) is 8.29. The van der Waals surface area contributed by atoms with Gasteiger partial charge < -0.3 is 4.74 Å². The van der Waals surface area contributed by atoms with Crippen LogP contribution in [0.4, 0.5) is 0 Å². The molecule has 0 aromatic carbocycles. The van der Waals surface area contributed by atoms with Crippen LogP contribution in [0.15, 0.2) is 12.7 Å². The predicted octanol–water partition coefficient (Wildman–Crippen LogP) is 1.33. The number of carbonyl (C=O) groups excluding carboxylic acids is 2. The van der Waals surface area contributed by atoms with Crippen molar-refractivity contribution >= 4 is 11.8 Å². The Labute approximate surface area is 83.1 Å². The van der Waals surface area contributed by atoms with Crippen LogP contribution in [0.2, 0.25) is 0 Å². The molecule has 0 spiro atoms. The van der Waals surface area contributed by atoms with Gasteiger partial charge in [0.15, 0.2) is 0 Å². The van der Waals surface area contributed by atoms with Gasteiger partial charge in [-0.05, 0) is 19.3 Å². The van der Waals surface area contributed by atoms with E-state index in [-0.39, 0.29) is 23.6 Å². The van der Waals surface area contributed by atoms with E-state index in [1.165, 1.54) is 0 Å². The molecule has 0 bridgehead atoms. The molecule has 0 radical (unpaired) electrons. The predicted molar refractivity (Wildman–Crippen MR) is 50.5 cm³/mol. The van der Waals surface area contributed by atoms with E-state index in [1.807, 2.05) is 0 Å². The van der Waals surface area contributed by atoms with Crippen molar-refractivity contribution in [2.45, 2.75) is 19.8 Å². The van der Waals surface area contributed by atoms with Crippen molar-refractivity contribution in [2.75, 3.05) is 6.61 Å². The maximum Gasteiger partial charge on any atom is 0.316 e. The summed E-state index contributed by atoms with van der Waals surface area (Å²) < 4.78 is 4.98. The Morgan fingerprint density at radius 2 is 2.50 bits per heavy atom. The number of fused-ring (bicyclic) bond motifs is 1. The van der Waals surface area contributed by atoms with Crippen molar-refractivity contribution < 1.29 is 14.3 Å². The minimum atomic E-state index is -0.661. The van der Waals surface area contributed by atoms with E-state index in [0.29, 0.717) is 13.0 Å². The van der Waals surface area contributed by atoms with Crippen molar-refractivity contribution in [3.8, 4) is 0 Å². The first-order valence-corrected chi connectivity index (χ1v) is 5.02. The van der Waals surface area contributed by atoms with Crippen LogP contribution < -0.4 is 0 Å². The molecule has 3 heteroatoms. The van der Waals surface area contributed by atoms with Gasteiger partial charge in [-0.2, -0.15) is 0 Å². The highest BCUT2D eigenvalue weighted by Gasteiger charge is 2.73. The van der Waals surface area contributed by atoms with Crippen molar-refractivity contribution in [2.24, 2.45) is 17.3 Å². The minimum Gasteiger partial charge on any atom is -0.465 e. The number of Topliss-reactive ketones (excluding diaryl/α,β-unsaturated/α-hetero) is 1. The van der Waals surface area contributed by atoms with Gasteiger partial charge in [-0.1, -0.05) is 6.08 Å². The van der Waals surface area contributed by atoms with Gasteiger partial charge in [-0.3, -0.25) is 9.59 Å². The monoisotopic (exact) mass is 194 g/mol. The molecule has 0 heterocycles. The smallest absolute Gasteiger partial charge is 0.316 e. The van der Waals surface area contributed by atoms with Crippen LogP contribution in [0.25, 0.3) is 0 Å². The van der Waals surface area contributed by atoms with Crippen LogP contribution in [0.5, 0.6) is 0 Å². The number of rotatable bonds is 3. The van der Waals surface area contributed by atoms with Gasteiger partial charge in [-0.15, -0.1) is 6.58 Å². The average Bonchev–Trinajstić information content (AvgIpc) is 2.69. The number of ether oxygens (including phenoxy) is 1. The number of carbonyl (C=O) groups is 2. The molecule has 0 aromatic rings. The third kappa shape index (κ3) is 0.925. The molecule has 3 nitrogen and oxygen atoms in total. The van der Waals surface area contributed by atoms with E-state index in [9.17, 15) is 9.59 Å². The Morgan fingerprint density at radius 1 is 1.79 bits per heavy atom. The van der Waals surface area contributed by atoms with Gasteiger partial charge in [-0.25, -0.2) is 0 Å². The third-order valence-corrected chi connectivity index (χ3v) is 3.44. The molecule has 0 N–H and O–H groups in total. The van der Waals surface area contributed by atoms with Crippen LogP contribution >= 0.6 is 0 Å². The molecule has 0 aromatic heterocycles. The highest BCUT2D eigenvalue weighted by Crippen LogP contribution is 2.66. The van der Waals surface area contributed by atoms with E-state index in [1.54, 1.807) is 13.0 Å². The zero-order chi connectivity index (χ0) is 10.3. The van der Waals surface area contributed by atoms with E-state index < -0.39 is 5.41 Å². The molecule has 2 fully saturated rings. The van der Waals surface area contributed by atoms with Gasteiger partial charge in [0.1, 0.15) is 5.78 Å². The highest BCUT2D eigenvalue weighted by atomic mass is 16.5. The Bertz CT molecular complexity index is 308. The maximum absolute atomic E-state index is 11.7. The van der Waals surface area contributed by atoms with Gasteiger partial charge >= 0.3 is 5.97 Å². The third-order valence-electron chi connectivity index (χ3n) is 3.44. The molecule has 14 heavy (non-hydrogen) atoms. The average molecular weight is 194 g/mol.